The summed E-state index contributed by atoms with van der Waals surface area (Å²) in [7, 11) is 2.07. The van der Waals surface area contributed by atoms with Gasteiger partial charge < -0.3 is 20.3 Å². The van der Waals surface area contributed by atoms with Gasteiger partial charge in [-0.15, -0.1) is 0 Å². The molecule has 24 heavy (non-hydrogen) atoms. The zero-order chi connectivity index (χ0) is 16.9. The van der Waals surface area contributed by atoms with Crippen LogP contribution in [0.15, 0.2) is 24.3 Å². The third-order valence-electron chi connectivity index (χ3n) is 4.57. The molecule has 2 amide bonds. The number of benzene rings is 1. The van der Waals surface area contributed by atoms with E-state index in [-0.39, 0.29) is 24.0 Å². The Bertz CT molecular complexity index is 599. The van der Waals surface area contributed by atoms with E-state index in [1.54, 1.807) is 24.3 Å². The van der Waals surface area contributed by atoms with Gasteiger partial charge in [0.25, 0.3) is 11.8 Å². The van der Waals surface area contributed by atoms with Crippen molar-refractivity contribution >= 4 is 17.5 Å². The van der Waals surface area contributed by atoms with Crippen molar-refractivity contribution in [3.8, 4) is 0 Å². The van der Waals surface area contributed by atoms with Crippen LogP contribution in [0.5, 0.6) is 0 Å². The summed E-state index contributed by atoms with van der Waals surface area (Å²) < 4.78 is 5.38. The molecule has 2 atom stereocenters. The minimum atomic E-state index is -0.375. The first-order valence-corrected chi connectivity index (χ1v) is 8.64. The van der Waals surface area contributed by atoms with Gasteiger partial charge in [0, 0.05) is 30.4 Å². The van der Waals surface area contributed by atoms with Crippen LogP contribution < -0.4 is 10.6 Å². The molecule has 0 aliphatic carbocycles. The van der Waals surface area contributed by atoms with E-state index in [9.17, 15) is 9.59 Å². The maximum atomic E-state index is 12.4. The Morgan fingerprint density at radius 2 is 2.12 bits per heavy atom. The molecular formula is C18H25N3O3. The highest BCUT2D eigenvalue weighted by Crippen LogP contribution is 2.17. The highest BCUT2D eigenvalue weighted by atomic mass is 16.5. The topological polar surface area (TPSA) is 70.7 Å². The average Bonchev–Trinajstić information content (AvgIpc) is 3.10. The Balaban J connectivity index is 1.59. The van der Waals surface area contributed by atoms with E-state index in [2.05, 4.69) is 22.6 Å². The number of carbonyl (C=O) groups is 2. The van der Waals surface area contributed by atoms with E-state index in [1.807, 2.05) is 0 Å². The van der Waals surface area contributed by atoms with Gasteiger partial charge in [-0.05, 0) is 57.5 Å². The number of nitrogens with zero attached hydrogens (tertiary/aromatic N) is 1. The quantitative estimate of drug-likeness (QED) is 0.880. The number of ether oxygens (including phenoxy) is 1. The van der Waals surface area contributed by atoms with Crippen LogP contribution in [0.4, 0.5) is 5.69 Å². The van der Waals surface area contributed by atoms with E-state index in [1.165, 1.54) is 0 Å². The van der Waals surface area contributed by atoms with Crippen molar-refractivity contribution in [2.75, 3.05) is 32.1 Å². The molecule has 6 heteroatoms. The normalized spacial score (nSPS) is 24.5. The minimum absolute atomic E-state index is 0.0940. The van der Waals surface area contributed by atoms with Crippen molar-refractivity contribution in [3.63, 3.8) is 0 Å². The first kappa shape index (κ1) is 16.9. The van der Waals surface area contributed by atoms with Gasteiger partial charge in [0.05, 0.1) is 0 Å². The lowest BCUT2D eigenvalue weighted by molar-refractivity contribution is -0.124. The Morgan fingerprint density at radius 1 is 1.25 bits per heavy atom. The number of carbonyl (C=O) groups excluding carboxylic acids is 2. The lowest BCUT2D eigenvalue weighted by Gasteiger charge is -2.30. The van der Waals surface area contributed by atoms with Crippen molar-refractivity contribution in [2.24, 2.45) is 0 Å². The molecule has 130 valence electrons. The summed E-state index contributed by atoms with van der Waals surface area (Å²) in [5.74, 6) is -0.234. The number of rotatable bonds is 4. The maximum absolute atomic E-state index is 12.4. The average molecular weight is 331 g/mol. The second-order valence-electron chi connectivity index (χ2n) is 6.65. The molecule has 2 heterocycles. The number of likely N-dealkylation sites (tertiary alicyclic amines) is 1. The second-order valence-corrected chi connectivity index (χ2v) is 6.65. The highest BCUT2D eigenvalue weighted by Gasteiger charge is 2.24. The molecule has 1 aromatic carbocycles. The largest absolute Gasteiger partial charge is 0.368 e. The SMILES string of the molecule is CN1CCCC(NC(=O)c2cccc(NC(=O)C3CCCO3)c2)C1. The van der Waals surface area contributed by atoms with Crippen molar-refractivity contribution in [3.05, 3.63) is 29.8 Å². The second kappa shape index (κ2) is 7.77. The number of amides is 2. The third kappa shape index (κ3) is 4.33. The van der Waals surface area contributed by atoms with Crippen LogP contribution in [0.2, 0.25) is 0 Å². The van der Waals surface area contributed by atoms with Crippen LogP contribution in [0.3, 0.4) is 0 Å². The van der Waals surface area contributed by atoms with E-state index in [0.29, 0.717) is 17.9 Å². The van der Waals surface area contributed by atoms with Crippen LogP contribution in [-0.4, -0.2) is 55.6 Å². The fourth-order valence-electron chi connectivity index (χ4n) is 3.30. The van der Waals surface area contributed by atoms with Gasteiger partial charge in [0.2, 0.25) is 0 Å². The van der Waals surface area contributed by atoms with Crippen molar-refractivity contribution in [1.82, 2.24) is 10.2 Å². The van der Waals surface area contributed by atoms with Gasteiger partial charge in [-0.25, -0.2) is 0 Å². The highest BCUT2D eigenvalue weighted by molar-refractivity contribution is 5.98. The van der Waals surface area contributed by atoms with Crippen molar-refractivity contribution < 1.29 is 14.3 Å². The molecule has 2 aliphatic rings. The molecular weight excluding hydrogens is 306 g/mol. The summed E-state index contributed by atoms with van der Waals surface area (Å²) in [6, 6.07) is 7.24. The molecule has 0 bridgehead atoms. The molecule has 1 aromatic rings. The zero-order valence-electron chi connectivity index (χ0n) is 14.1. The summed E-state index contributed by atoms with van der Waals surface area (Å²) in [5.41, 5.74) is 1.19. The molecule has 3 rings (SSSR count). The summed E-state index contributed by atoms with van der Waals surface area (Å²) in [5, 5.41) is 5.92. The zero-order valence-corrected chi connectivity index (χ0v) is 14.1. The number of hydrogen-bond acceptors (Lipinski definition) is 4. The molecule has 6 nitrogen and oxygen atoms in total. The van der Waals surface area contributed by atoms with Gasteiger partial charge in [0.15, 0.2) is 0 Å². The predicted molar refractivity (Wildman–Crippen MR) is 92.0 cm³/mol. The standard InChI is InChI=1S/C18H25N3O3/c1-21-9-3-7-15(12-21)20-17(22)13-5-2-6-14(11-13)19-18(23)16-8-4-10-24-16/h2,5-6,11,15-16H,3-4,7-10,12H2,1H3,(H,19,23)(H,20,22). The van der Waals surface area contributed by atoms with Gasteiger partial charge in [-0.3, -0.25) is 9.59 Å². The van der Waals surface area contributed by atoms with Gasteiger partial charge >= 0.3 is 0 Å². The summed E-state index contributed by atoms with van der Waals surface area (Å²) in [6.07, 6.45) is 3.39. The first-order valence-electron chi connectivity index (χ1n) is 8.64. The minimum Gasteiger partial charge on any atom is -0.368 e. The van der Waals surface area contributed by atoms with E-state index in [4.69, 9.17) is 4.74 Å². The van der Waals surface area contributed by atoms with Crippen LogP contribution >= 0.6 is 0 Å². The summed E-state index contributed by atoms with van der Waals surface area (Å²) in [6.45, 7) is 2.59. The number of anilines is 1. The molecule has 2 fully saturated rings. The monoisotopic (exact) mass is 331 g/mol. The number of hydrogen-bond donors (Lipinski definition) is 2. The fourth-order valence-corrected chi connectivity index (χ4v) is 3.30. The van der Waals surface area contributed by atoms with Gasteiger partial charge in [-0.2, -0.15) is 0 Å². The summed E-state index contributed by atoms with van der Waals surface area (Å²) in [4.78, 5) is 26.8. The molecule has 0 aromatic heterocycles. The van der Waals surface area contributed by atoms with Crippen molar-refractivity contribution in [1.29, 1.82) is 0 Å². The lowest BCUT2D eigenvalue weighted by Crippen LogP contribution is -2.46. The molecule has 0 saturated carbocycles. The lowest BCUT2D eigenvalue weighted by atomic mass is 10.1. The summed E-state index contributed by atoms with van der Waals surface area (Å²) >= 11 is 0. The van der Waals surface area contributed by atoms with Crippen LogP contribution in [0, 0.1) is 0 Å². The van der Waals surface area contributed by atoms with Crippen molar-refractivity contribution in [2.45, 2.75) is 37.8 Å². The molecule has 2 unspecified atom stereocenters. The van der Waals surface area contributed by atoms with E-state index in [0.717, 1.165) is 38.8 Å². The van der Waals surface area contributed by atoms with Crippen LogP contribution in [0.1, 0.15) is 36.0 Å². The smallest absolute Gasteiger partial charge is 0.253 e. The number of piperidine rings is 1. The maximum Gasteiger partial charge on any atom is 0.253 e. The Labute approximate surface area is 142 Å². The molecule has 2 N–H and O–H groups in total. The third-order valence-corrected chi connectivity index (χ3v) is 4.57. The van der Waals surface area contributed by atoms with Gasteiger partial charge in [0.1, 0.15) is 6.10 Å². The number of likely N-dealkylation sites (N-methyl/N-ethyl adjacent to an activating group) is 1. The van der Waals surface area contributed by atoms with Crippen LogP contribution in [-0.2, 0) is 9.53 Å². The Morgan fingerprint density at radius 3 is 2.88 bits per heavy atom. The first-order chi connectivity index (χ1) is 11.6. The Hall–Kier alpha value is -1.92. The van der Waals surface area contributed by atoms with Crippen LogP contribution in [0.25, 0.3) is 0 Å². The number of nitrogens with one attached hydrogen (secondary N) is 2. The van der Waals surface area contributed by atoms with E-state index >= 15 is 0 Å². The molecule has 0 radical (unpaired) electrons. The predicted octanol–water partition coefficient (Wildman–Crippen LogP) is 1.63. The van der Waals surface area contributed by atoms with E-state index < -0.39 is 0 Å². The molecule has 2 aliphatic heterocycles. The fraction of sp³-hybridized carbons (Fsp3) is 0.556. The molecule has 0 spiro atoms. The van der Waals surface area contributed by atoms with Gasteiger partial charge in [-0.1, -0.05) is 6.07 Å². The Kier molecular flexibility index (Phi) is 5.48. The molecule has 2 saturated heterocycles.